The first-order chi connectivity index (χ1) is 8.83. The van der Waals surface area contributed by atoms with Gasteiger partial charge in [-0.1, -0.05) is 17.3 Å². The van der Waals surface area contributed by atoms with E-state index in [-0.39, 0.29) is 9.63 Å². The van der Waals surface area contributed by atoms with Gasteiger partial charge in [0.05, 0.1) is 11.4 Å². The van der Waals surface area contributed by atoms with Crippen LogP contribution in [-0.4, -0.2) is 23.4 Å². The number of benzene rings is 1. The number of hydrogen-bond donors (Lipinski definition) is 2. The Balaban J connectivity index is 2.49. The fraction of sp³-hybridized carbons (Fsp3) is 0.200. The van der Waals surface area contributed by atoms with Crippen LogP contribution >= 0.6 is 15.9 Å². The number of rotatable bonds is 3. The second-order valence-corrected chi connectivity index (χ2v) is 6.30. The quantitative estimate of drug-likeness (QED) is 0.815. The summed E-state index contributed by atoms with van der Waals surface area (Å²) in [6.07, 6.45) is 0. The molecule has 0 fully saturated rings. The van der Waals surface area contributed by atoms with E-state index in [1.165, 1.54) is 11.7 Å². The highest BCUT2D eigenvalue weighted by Crippen LogP contribution is 2.27. The standard InChI is InChI=1S/C10H12BrN5O2S/c1-6-4-3-5-7(12)8(6)14-19(17,18)10-9(11)13-15-16(10)2/h3-5,14H,12H2,1-2H3. The molecule has 0 bridgehead atoms. The Hall–Kier alpha value is -1.61. The lowest BCUT2D eigenvalue weighted by molar-refractivity contribution is 0.578. The monoisotopic (exact) mass is 345 g/mol. The molecule has 2 rings (SSSR count). The van der Waals surface area contributed by atoms with Crippen LogP contribution in [0.1, 0.15) is 5.56 Å². The highest BCUT2D eigenvalue weighted by atomic mass is 79.9. The van der Waals surface area contributed by atoms with E-state index >= 15 is 0 Å². The highest BCUT2D eigenvalue weighted by molar-refractivity contribution is 9.10. The van der Waals surface area contributed by atoms with E-state index in [0.29, 0.717) is 11.4 Å². The molecule has 1 aromatic heterocycles. The van der Waals surface area contributed by atoms with E-state index in [1.807, 2.05) is 0 Å². The van der Waals surface area contributed by atoms with Gasteiger partial charge in [0.1, 0.15) is 0 Å². The average molecular weight is 346 g/mol. The minimum atomic E-state index is -3.82. The van der Waals surface area contributed by atoms with Crippen LogP contribution in [0.25, 0.3) is 0 Å². The lowest BCUT2D eigenvalue weighted by Gasteiger charge is -2.12. The second kappa shape index (κ2) is 4.82. The smallest absolute Gasteiger partial charge is 0.282 e. The predicted molar refractivity (Wildman–Crippen MR) is 75.1 cm³/mol. The van der Waals surface area contributed by atoms with Crippen molar-refractivity contribution in [1.82, 2.24) is 15.0 Å². The van der Waals surface area contributed by atoms with E-state index in [0.717, 1.165) is 5.56 Å². The molecule has 0 unspecified atom stereocenters. The molecule has 7 nitrogen and oxygen atoms in total. The van der Waals surface area contributed by atoms with E-state index in [2.05, 4.69) is 31.0 Å². The first-order valence-corrected chi connectivity index (χ1v) is 7.53. The van der Waals surface area contributed by atoms with Crippen molar-refractivity contribution >= 4 is 37.3 Å². The van der Waals surface area contributed by atoms with Gasteiger partial charge in [0.2, 0.25) is 5.03 Å². The van der Waals surface area contributed by atoms with Gasteiger partial charge in [-0.05, 0) is 34.5 Å². The third-order valence-electron chi connectivity index (χ3n) is 2.53. The molecule has 102 valence electrons. The van der Waals surface area contributed by atoms with Crippen LogP contribution < -0.4 is 10.5 Å². The van der Waals surface area contributed by atoms with Crippen molar-refractivity contribution in [2.45, 2.75) is 11.9 Å². The molecule has 0 amide bonds. The van der Waals surface area contributed by atoms with E-state index in [1.54, 1.807) is 25.1 Å². The average Bonchev–Trinajstić information content (AvgIpc) is 2.64. The predicted octanol–water partition coefficient (Wildman–Crippen LogP) is 1.27. The summed E-state index contributed by atoms with van der Waals surface area (Å²) in [7, 11) is -2.32. The summed E-state index contributed by atoms with van der Waals surface area (Å²) in [5.74, 6) is 0. The third-order valence-corrected chi connectivity index (χ3v) is 4.77. The third kappa shape index (κ3) is 2.56. The molecule has 19 heavy (non-hydrogen) atoms. The summed E-state index contributed by atoms with van der Waals surface area (Å²) in [6.45, 7) is 1.77. The maximum Gasteiger partial charge on any atom is 0.282 e. The molecule has 0 spiro atoms. The fourth-order valence-corrected chi connectivity index (χ4v) is 3.88. The second-order valence-electron chi connectivity index (χ2n) is 3.95. The van der Waals surface area contributed by atoms with E-state index in [4.69, 9.17) is 5.73 Å². The lowest BCUT2D eigenvalue weighted by atomic mass is 10.2. The zero-order valence-corrected chi connectivity index (χ0v) is 12.7. The number of hydrogen-bond acceptors (Lipinski definition) is 5. The zero-order chi connectivity index (χ0) is 14.2. The minimum Gasteiger partial charge on any atom is -0.397 e. The van der Waals surface area contributed by atoms with Crippen LogP contribution in [0.15, 0.2) is 27.8 Å². The Labute approximate surface area is 119 Å². The van der Waals surface area contributed by atoms with Gasteiger partial charge >= 0.3 is 0 Å². The number of nitrogens with one attached hydrogen (secondary N) is 1. The number of halogens is 1. The summed E-state index contributed by atoms with van der Waals surface area (Å²) < 4.78 is 28.4. The topological polar surface area (TPSA) is 103 Å². The van der Waals surface area contributed by atoms with Gasteiger partial charge in [-0.25, -0.2) is 4.68 Å². The van der Waals surface area contributed by atoms with Crippen LogP contribution in [0.5, 0.6) is 0 Å². The fourth-order valence-electron chi connectivity index (χ4n) is 1.62. The van der Waals surface area contributed by atoms with Crippen LogP contribution in [0, 0.1) is 6.92 Å². The molecule has 1 heterocycles. The molecule has 0 aliphatic rings. The van der Waals surface area contributed by atoms with Crippen molar-refractivity contribution in [1.29, 1.82) is 0 Å². The summed E-state index contributed by atoms with van der Waals surface area (Å²) in [6, 6.07) is 5.15. The summed E-state index contributed by atoms with van der Waals surface area (Å²) in [5.41, 5.74) is 7.23. The van der Waals surface area contributed by atoms with Gasteiger partial charge in [-0.15, -0.1) is 5.10 Å². The number of aromatic nitrogens is 3. The van der Waals surface area contributed by atoms with Gasteiger partial charge in [0, 0.05) is 7.05 Å². The molecule has 2 aromatic rings. The molecule has 0 saturated carbocycles. The summed E-state index contributed by atoms with van der Waals surface area (Å²) in [4.78, 5) is 0. The van der Waals surface area contributed by atoms with Crippen LogP contribution in [0.4, 0.5) is 11.4 Å². The Morgan fingerprint density at radius 2 is 2.11 bits per heavy atom. The minimum absolute atomic E-state index is 0.0600. The van der Waals surface area contributed by atoms with Gasteiger partial charge in [0.15, 0.2) is 4.60 Å². The SMILES string of the molecule is Cc1cccc(N)c1NS(=O)(=O)c1c(Br)nnn1C. The maximum atomic E-state index is 12.3. The molecule has 9 heteroatoms. The molecule has 0 atom stereocenters. The van der Waals surface area contributed by atoms with Crippen molar-refractivity contribution in [3.63, 3.8) is 0 Å². The number of aryl methyl sites for hydroxylation is 2. The lowest BCUT2D eigenvalue weighted by Crippen LogP contribution is -2.18. The molecular weight excluding hydrogens is 334 g/mol. The van der Waals surface area contributed by atoms with Crippen molar-refractivity contribution in [3.8, 4) is 0 Å². The normalized spacial score (nSPS) is 11.5. The van der Waals surface area contributed by atoms with Crippen molar-refractivity contribution < 1.29 is 8.42 Å². The van der Waals surface area contributed by atoms with Crippen molar-refractivity contribution in [3.05, 3.63) is 28.4 Å². The zero-order valence-electron chi connectivity index (χ0n) is 10.3. The molecule has 3 N–H and O–H groups in total. The van der Waals surface area contributed by atoms with Crippen LogP contribution in [-0.2, 0) is 17.1 Å². The molecule has 0 radical (unpaired) electrons. The first-order valence-electron chi connectivity index (χ1n) is 5.26. The number of nitrogen functional groups attached to an aromatic ring is 1. The first kappa shape index (κ1) is 13.8. The van der Waals surface area contributed by atoms with E-state index in [9.17, 15) is 8.42 Å². The highest BCUT2D eigenvalue weighted by Gasteiger charge is 2.25. The number of sulfonamides is 1. The Morgan fingerprint density at radius 3 is 2.63 bits per heavy atom. The van der Waals surface area contributed by atoms with Gasteiger partial charge in [-0.2, -0.15) is 8.42 Å². The summed E-state index contributed by atoms with van der Waals surface area (Å²) >= 11 is 3.06. The van der Waals surface area contributed by atoms with Gasteiger partial charge in [0.25, 0.3) is 10.0 Å². The number of para-hydroxylation sites is 1. The Bertz CT molecular complexity index is 686. The van der Waals surface area contributed by atoms with Crippen LogP contribution in [0.2, 0.25) is 0 Å². The number of anilines is 2. The van der Waals surface area contributed by atoms with Crippen LogP contribution in [0.3, 0.4) is 0 Å². The molecule has 0 aliphatic carbocycles. The van der Waals surface area contributed by atoms with Gasteiger partial charge in [-0.3, -0.25) is 4.72 Å². The Morgan fingerprint density at radius 1 is 1.42 bits per heavy atom. The van der Waals surface area contributed by atoms with Crippen molar-refractivity contribution in [2.75, 3.05) is 10.5 Å². The molecule has 1 aromatic carbocycles. The molecular formula is C10H12BrN5O2S. The number of nitrogens with two attached hydrogens (primary N) is 1. The Kier molecular flexibility index (Phi) is 3.50. The van der Waals surface area contributed by atoms with Crippen molar-refractivity contribution in [2.24, 2.45) is 7.05 Å². The van der Waals surface area contributed by atoms with E-state index < -0.39 is 10.0 Å². The summed E-state index contributed by atoms with van der Waals surface area (Å²) in [5, 5.41) is 7.23. The molecule has 0 saturated heterocycles. The molecule has 0 aliphatic heterocycles. The van der Waals surface area contributed by atoms with Gasteiger partial charge < -0.3 is 5.73 Å². The maximum absolute atomic E-state index is 12.3. The largest absolute Gasteiger partial charge is 0.397 e. The number of nitrogens with zero attached hydrogens (tertiary/aromatic N) is 3.